The number of H-pyrrole nitrogens is 1. The number of pyridine rings is 1. The number of aromatic amines is 1. The van der Waals surface area contributed by atoms with Crippen molar-refractivity contribution in [2.24, 2.45) is 0 Å². The van der Waals surface area contributed by atoms with Gasteiger partial charge in [-0.25, -0.2) is 18.4 Å². The van der Waals surface area contributed by atoms with Crippen LogP contribution in [-0.2, 0) is 10.0 Å². The van der Waals surface area contributed by atoms with Crippen LogP contribution < -0.4 is 10.5 Å². The number of sulfonamides is 1. The quantitative estimate of drug-likeness (QED) is 0.631. The molecule has 4 rings (SSSR count). The van der Waals surface area contributed by atoms with E-state index in [1.807, 2.05) is 24.8 Å². The molecule has 1 aliphatic heterocycles. The minimum atomic E-state index is -3.50. The Kier molecular flexibility index (Phi) is 6.06. The second-order valence-corrected chi connectivity index (χ2v) is 9.62. The first-order valence-electron chi connectivity index (χ1n) is 10.6. The van der Waals surface area contributed by atoms with Gasteiger partial charge in [-0.15, -0.1) is 0 Å². The summed E-state index contributed by atoms with van der Waals surface area (Å²) < 4.78 is 27.3. The Morgan fingerprint density at radius 2 is 1.81 bits per heavy atom. The van der Waals surface area contributed by atoms with Gasteiger partial charge in [-0.3, -0.25) is 4.79 Å². The van der Waals surface area contributed by atoms with E-state index in [1.165, 1.54) is 4.31 Å². The number of aromatic nitrogens is 3. The monoisotopic (exact) mass is 441 g/mol. The summed E-state index contributed by atoms with van der Waals surface area (Å²) in [6.07, 6.45) is 2.86. The number of piperidine rings is 1. The van der Waals surface area contributed by atoms with Crippen LogP contribution in [0.25, 0.3) is 10.9 Å². The Bertz CT molecular complexity index is 1210. The van der Waals surface area contributed by atoms with Gasteiger partial charge < -0.3 is 9.88 Å². The third kappa shape index (κ3) is 4.20. The van der Waals surface area contributed by atoms with Gasteiger partial charge in [0.05, 0.1) is 15.8 Å². The summed E-state index contributed by atoms with van der Waals surface area (Å²) in [5.74, 6) is 0.684. The Morgan fingerprint density at radius 3 is 2.45 bits per heavy atom. The Balaban J connectivity index is 1.57. The molecule has 0 radical (unpaired) electrons. The predicted molar refractivity (Wildman–Crippen MR) is 121 cm³/mol. The highest BCUT2D eigenvalue weighted by Gasteiger charge is 2.30. The summed E-state index contributed by atoms with van der Waals surface area (Å²) in [7, 11) is -3.50. The Hall–Kier alpha value is -2.78. The normalized spacial score (nSPS) is 15.9. The number of benzene rings is 1. The van der Waals surface area contributed by atoms with Crippen LogP contribution in [0.15, 0.2) is 52.3 Å². The SMILES string of the molecule is CCN(CC)c1ncc2c(=O)[nH]c(C3CCN(S(=O)(=O)c4ccccc4)CC3)cc2n1. The number of rotatable bonds is 6. The molecule has 8 nitrogen and oxygen atoms in total. The molecule has 0 aliphatic carbocycles. The van der Waals surface area contributed by atoms with Crippen LogP contribution in [0.1, 0.15) is 38.3 Å². The zero-order chi connectivity index (χ0) is 22.0. The Labute approximate surface area is 182 Å². The molecule has 164 valence electrons. The largest absolute Gasteiger partial charge is 0.341 e. The van der Waals surface area contributed by atoms with E-state index < -0.39 is 10.0 Å². The summed E-state index contributed by atoms with van der Waals surface area (Å²) in [6.45, 7) is 6.47. The molecular formula is C22H27N5O3S. The lowest BCUT2D eigenvalue weighted by Crippen LogP contribution is -2.38. The fourth-order valence-corrected chi connectivity index (χ4v) is 5.57. The molecule has 1 aromatic carbocycles. The van der Waals surface area contributed by atoms with Crippen LogP contribution >= 0.6 is 0 Å². The predicted octanol–water partition coefficient (Wildman–Crippen LogP) is 2.73. The van der Waals surface area contributed by atoms with Crippen molar-refractivity contribution in [3.8, 4) is 0 Å². The molecule has 0 bridgehead atoms. The highest BCUT2D eigenvalue weighted by Crippen LogP contribution is 2.30. The van der Waals surface area contributed by atoms with Crippen LogP contribution in [-0.4, -0.2) is 53.9 Å². The van der Waals surface area contributed by atoms with Gasteiger partial charge in [0.1, 0.15) is 0 Å². The van der Waals surface area contributed by atoms with E-state index in [0.29, 0.717) is 47.7 Å². The van der Waals surface area contributed by atoms with Crippen LogP contribution in [0.2, 0.25) is 0 Å². The third-order valence-electron chi connectivity index (χ3n) is 5.92. The standard InChI is InChI=1S/C22H27N5O3S/c1-3-26(4-2)22-23-15-18-20(25-22)14-19(24-21(18)28)16-10-12-27(13-11-16)31(29,30)17-8-6-5-7-9-17/h5-9,14-16H,3-4,10-13H2,1-2H3,(H,24,28). The smallest absolute Gasteiger partial charge is 0.259 e. The molecule has 31 heavy (non-hydrogen) atoms. The van der Waals surface area contributed by atoms with Gasteiger partial charge in [-0.2, -0.15) is 4.31 Å². The molecule has 1 fully saturated rings. The zero-order valence-electron chi connectivity index (χ0n) is 17.8. The van der Waals surface area contributed by atoms with Gasteiger partial charge in [0.15, 0.2) is 0 Å². The van der Waals surface area contributed by atoms with Crippen molar-refractivity contribution in [3.05, 3.63) is 58.6 Å². The minimum Gasteiger partial charge on any atom is -0.341 e. The van der Waals surface area contributed by atoms with Gasteiger partial charge in [0.2, 0.25) is 16.0 Å². The summed E-state index contributed by atoms with van der Waals surface area (Å²) in [6, 6.07) is 10.4. The molecule has 9 heteroatoms. The fourth-order valence-electron chi connectivity index (χ4n) is 4.08. The summed E-state index contributed by atoms with van der Waals surface area (Å²) >= 11 is 0. The number of nitrogens with zero attached hydrogens (tertiary/aromatic N) is 4. The molecule has 1 saturated heterocycles. The second kappa shape index (κ2) is 8.76. The molecule has 1 aliphatic rings. The lowest BCUT2D eigenvalue weighted by atomic mass is 9.94. The lowest BCUT2D eigenvalue weighted by molar-refractivity contribution is 0.316. The molecule has 3 aromatic rings. The maximum absolute atomic E-state index is 12.9. The van der Waals surface area contributed by atoms with Crippen molar-refractivity contribution in [2.45, 2.75) is 37.5 Å². The zero-order valence-corrected chi connectivity index (χ0v) is 18.6. The van der Waals surface area contributed by atoms with Crippen LogP contribution in [0.3, 0.4) is 0 Å². The maximum atomic E-state index is 12.9. The first kappa shape index (κ1) is 21.5. The van der Waals surface area contributed by atoms with Crippen molar-refractivity contribution < 1.29 is 8.42 Å². The number of fused-ring (bicyclic) bond motifs is 1. The lowest BCUT2D eigenvalue weighted by Gasteiger charge is -2.31. The average Bonchev–Trinajstić information content (AvgIpc) is 2.80. The third-order valence-corrected chi connectivity index (χ3v) is 7.83. The number of hydrogen-bond donors (Lipinski definition) is 1. The van der Waals surface area contributed by atoms with Crippen molar-refractivity contribution >= 4 is 26.9 Å². The van der Waals surface area contributed by atoms with Gasteiger partial charge >= 0.3 is 0 Å². The molecule has 2 aromatic heterocycles. The van der Waals surface area contributed by atoms with Gasteiger partial charge in [0, 0.05) is 44.0 Å². The molecule has 1 N–H and O–H groups in total. The van der Waals surface area contributed by atoms with Crippen molar-refractivity contribution in [1.82, 2.24) is 19.3 Å². The number of nitrogens with one attached hydrogen (secondary N) is 1. The second-order valence-electron chi connectivity index (χ2n) is 7.69. The van der Waals surface area contributed by atoms with Crippen molar-refractivity contribution in [2.75, 3.05) is 31.1 Å². The molecule has 0 saturated carbocycles. The van der Waals surface area contributed by atoms with Crippen molar-refractivity contribution in [3.63, 3.8) is 0 Å². The Morgan fingerprint density at radius 1 is 1.13 bits per heavy atom. The van der Waals surface area contributed by atoms with E-state index in [-0.39, 0.29) is 11.5 Å². The molecule has 3 heterocycles. The van der Waals surface area contributed by atoms with E-state index in [9.17, 15) is 13.2 Å². The first-order valence-corrected chi connectivity index (χ1v) is 12.1. The highest BCUT2D eigenvalue weighted by molar-refractivity contribution is 7.89. The van der Waals surface area contributed by atoms with E-state index in [2.05, 4.69) is 15.0 Å². The first-order chi connectivity index (χ1) is 14.9. The van der Waals surface area contributed by atoms with Crippen LogP contribution in [0.5, 0.6) is 0 Å². The molecule has 0 unspecified atom stereocenters. The molecule has 0 spiro atoms. The van der Waals surface area contributed by atoms with Gasteiger partial charge in [-0.1, -0.05) is 18.2 Å². The van der Waals surface area contributed by atoms with Crippen LogP contribution in [0, 0.1) is 0 Å². The minimum absolute atomic E-state index is 0.0752. The van der Waals surface area contributed by atoms with E-state index >= 15 is 0 Å². The number of anilines is 1. The van der Waals surface area contributed by atoms with Crippen LogP contribution in [0.4, 0.5) is 5.95 Å². The maximum Gasteiger partial charge on any atom is 0.259 e. The molecule has 0 amide bonds. The van der Waals surface area contributed by atoms with Crippen molar-refractivity contribution in [1.29, 1.82) is 0 Å². The van der Waals surface area contributed by atoms with E-state index in [4.69, 9.17) is 0 Å². The fraction of sp³-hybridized carbons (Fsp3) is 0.409. The molecular weight excluding hydrogens is 414 g/mol. The summed E-state index contributed by atoms with van der Waals surface area (Å²) in [5, 5.41) is 0.462. The highest BCUT2D eigenvalue weighted by atomic mass is 32.2. The topological polar surface area (TPSA) is 99.3 Å². The summed E-state index contributed by atoms with van der Waals surface area (Å²) in [5.41, 5.74) is 1.21. The summed E-state index contributed by atoms with van der Waals surface area (Å²) in [4.78, 5) is 26.9. The van der Waals surface area contributed by atoms with Gasteiger partial charge in [0.25, 0.3) is 5.56 Å². The average molecular weight is 442 g/mol. The number of hydrogen-bond acceptors (Lipinski definition) is 6. The van der Waals surface area contributed by atoms with E-state index in [1.54, 1.807) is 36.5 Å². The van der Waals surface area contributed by atoms with Gasteiger partial charge in [-0.05, 0) is 44.9 Å². The van der Waals surface area contributed by atoms with E-state index in [0.717, 1.165) is 18.8 Å². The molecule has 0 atom stereocenters.